The van der Waals surface area contributed by atoms with Crippen molar-refractivity contribution < 1.29 is 14.4 Å². The molecule has 0 radical (unpaired) electrons. The van der Waals surface area contributed by atoms with Crippen LogP contribution in [0.15, 0.2) is 35.5 Å². The van der Waals surface area contributed by atoms with E-state index in [1.807, 2.05) is 0 Å². The van der Waals surface area contributed by atoms with Gasteiger partial charge in [0.05, 0.1) is 17.0 Å². The number of fused-ring (bicyclic) bond motifs is 1. The van der Waals surface area contributed by atoms with E-state index in [0.29, 0.717) is 30.6 Å². The minimum atomic E-state index is -2.48. The lowest BCUT2D eigenvalue weighted by atomic mass is 9.60. The largest absolute Gasteiger partial charge is 0.393 e. The summed E-state index contributed by atoms with van der Waals surface area (Å²) in [7, 11) is -2.48. The maximum absolute atomic E-state index is 12.6. The van der Waals surface area contributed by atoms with E-state index < -0.39 is 21.9 Å². The molecule has 4 fully saturated rings. The van der Waals surface area contributed by atoms with E-state index in [9.17, 15) is 14.4 Å². The van der Waals surface area contributed by atoms with E-state index in [1.165, 1.54) is 31.3 Å². The molecule has 1 unspecified atom stereocenters. The van der Waals surface area contributed by atoms with Crippen LogP contribution in [0.25, 0.3) is 0 Å². The molecule has 0 aromatic carbocycles. The second-order valence-electron chi connectivity index (χ2n) is 11.4. The van der Waals surface area contributed by atoms with Crippen LogP contribution >= 0.6 is 0 Å². The molecule has 4 aliphatic rings. The third kappa shape index (κ3) is 4.22. The number of nitrogens with one attached hydrogen (secondary N) is 1. The van der Waals surface area contributed by atoms with Gasteiger partial charge >= 0.3 is 0 Å². The quantitative estimate of drug-likeness (QED) is 0.530. The van der Waals surface area contributed by atoms with E-state index in [4.69, 9.17) is 4.78 Å². The molecule has 31 heavy (non-hydrogen) atoms. The number of aliphatic hydroxyl groups is 2. The molecular weight excluding hydrogens is 406 g/mol. The van der Waals surface area contributed by atoms with Gasteiger partial charge in [-0.3, -0.25) is 4.78 Å². The molecule has 0 bridgehead atoms. The van der Waals surface area contributed by atoms with Crippen LogP contribution in [0.4, 0.5) is 0 Å². The van der Waals surface area contributed by atoms with Crippen molar-refractivity contribution in [1.29, 1.82) is 4.78 Å². The molecule has 5 heteroatoms. The fourth-order valence-corrected chi connectivity index (χ4v) is 8.76. The van der Waals surface area contributed by atoms with E-state index in [2.05, 4.69) is 32.6 Å². The Morgan fingerprint density at radius 1 is 1.26 bits per heavy atom. The van der Waals surface area contributed by atoms with Crippen molar-refractivity contribution in [3.8, 4) is 0 Å². The SMILES string of the molecule is C=C1/C(=C\C=C2/CCC[C@]3(C)[C@@H]([C@H](C)CC4(S(C)(=N)=O)CC4)CC[C@@H]23)C[C@@H](O)C[C@@H]1O. The highest BCUT2D eigenvalue weighted by Gasteiger charge is 2.55. The molecule has 4 rings (SSSR count). The van der Waals surface area contributed by atoms with Crippen LogP contribution in [0.3, 0.4) is 0 Å². The van der Waals surface area contributed by atoms with Crippen LogP contribution in [-0.4, -0.2) is 37.6 Å². The first-order chi connectivity index (χ1) is 14.5. The van der Waals surface area contributed by atoms with Gasteiger partial charge in [-0.25, -0.2) is 4.21 Å². The van der Waals surface area contributed by atoms with Crippen molar-refractivity contribution in [1.82, 2.24) is 0 Å². The highest BCUT2D eigenvalue weighted by atomic mass is 32.2. The summed E-state index contributed by atoms with van der Waals surface area (Å²) < 4.78 is 20.5. The Labute approximate surface area is 188 Å². The van der Waals surface area contributed by atoms with Crippen LogP contribution < -0.4 is 0 Å². The fourth-order valence-electron chi connectivity index (χ4n) is 7.30. The highest BCUT2D eigenvalue weighted by Crippen LogP contribution is 2.61. The molecule has 0 aromatic rings. The molecule has 0 amide bonds. The van der Waals surface area contributed by atoms with Crippen LogP contribution in [-0.2, 0) is 9.73 Å². The molecule has 0 spiro atoms. The first-order valence-corrected chi connectivity index (χ1v) is 14.1. The summed E-state index contributed by atoms with van der Waals surface area (Å²) in [5, 5.41) is 20.2. The zero-order chi connectivity index (χ0) is 22.6. The molecule has 3 N–H and O–H groups in total. The van der Waals surface area contributed by atoms with E-state index >= 15 is 0 Å². The molecule has 4 aliphatic carbocycles. The highest BCUT2D eigenvalue weighted by molar-refractivity contribution is 7.93. The molecular formula is C26H41NO3S. The van der Waals surface area contributed by atoms with Crippen molar-refractivity contribution in [2.75, 3.05) is 6.26 Å². The van der Waals surface area contributed by atoms with Gasteiger partial charge in [0.15, 0.2) is 0 Å². The van der Waals surface area contributed by atoms with Crippen LogP contribution in [0.5, 0.6) is 0 Å². The first kappa shape index (κ1) is 23.3. The molecule has 0 heterocycles. The summed E-state index contributed by atoms with van der Waals surface area (Å²) in [5.41, 5.74) is 3.53. The maximum atomic E-state index is 12.6. The average Bonchev–Trinajstić information content (AvgIpc) is 3.37. The average molecular weight is 448 g/mol. The third-order valence-corrected chi connectivity index (χ3v) is 11.5. The summed E-state index contributed by atoms with van der Waals surface area (Å²) in [6, 6.07) is 0. The Balaban J connectivity index is 1.52. The summed E-state index contributed by atoms with van der Waals surface area (Å²) in [6.45, 7) is 8.87. The van der Waals surface area contributed by atoms with Gasteiger partial charge in [0.2, 0.25) is 0 Å². The molecule has 4 saturated carbocycles. The normalized spacial score (nSPS) is 42.9. The predicted molar refractivity (Wildman–Crippen MR) is 127 cm³/mol. The number of hydrogen-bond donors (Lipinski definition) is 3. The van der Waals surface area contributed by atoms with Gasteiger partial charge in [0.1, 0.15) is 0 Å². The Kier molecular flexibility index (Phi) is 6.11. The summed E-state index contributed by atoms with van der Waals surface area (Å²) >= 11 is 0. The minimum absolute atomic E-state index is 0.221. The lowest BCUT2D eigenvalue weighted by Gasteiger charge is -2.45. The van der Waals surface area contributed by atoms with Crippen LogP contribution in [0.2, 0.25) is 0 Å². The Morgan fingerprint density at radius 2 is 1.97 bits per heavy atom. The lowest BCUT2D eigenvalue weighted by molar-refractivity contribution is 0.0861. The van der Waals surface area contributed by atoms with Gasteiger partial charge in [-0.2, -0.15) is 0 Å². The molecule has 174 valence electrons. The summed E-state index contributed by atoms with van der Waals surface area (Å²) in [5.74, 6) is 1.71. The van der Waals surface area contributed by atoms with Crippen LogP contribution in [0.1, 0.15) is 78.1 Å². The molecule has 0 aliphatic heterocycles. The van der Waals surface area contributed by atoms with Crippen molar-refractivity contribution in [3.63, 3.8) is 0 Å². The molecule has 4 nitrogen and oxygen atoms in total. The predicted octanol–water partition coefficient (Wildman–Crippen LogP) is 5.36. The van der Waals surface area contributed by atoms with Crippen molar-refractivity contribution in [2.45, 2.75) is 95.0 Å². The van der Waals surface area contributed by atoms with Gasteiger partial charge in [0, 0.05) is 22.4 Å². The van der Waals surface area contributed by atoms with E-state index in [0.717, 1.165) is 36.8 Å². The Bertz CT molecular complexity index is 898. The monoisotopic (exact) mass is 447 g/mol. The molecule has 0 aromatic heterocycles. The number of aliphatic hydroxyl groups excluding tert-OH is 2. The van der Waals surface area contributed by atoms with Gasteiger partial charge < -0.3 is 10.2 Å². The second-order valence-corrected chi connectivity index (χ2v) is 13.9. The van der Waals surface area contributed by atoms with E-state index in [1.54, 1.807) is 6.26 Å². The number of rotatable bonds is 5. The molecule has 7 atom stereocenters. The second kappa shape index (κ2) is 8.14. The maximum Gasteiger partial charge on any atom is 0.0811 e. The van der Waals surface area contributed by atoms with Gasteiger partial charge in [-0.05, 0) is 92.1 Å². The smallest absolute Gasteiger partial charge is 0.0811 e. The first-order valence-electron chi connectivity index (χ1n) is 12.1. The molecule has 0 saturated heterocycles. The summed E-state index contributed by atoms with van der Waals surface area (Å²) in [6.07, 6.45) is 14.7. The topological polar surface area (TPSA) is 81.4 Å². The van der Waals surface area contributed by atoms with Gasteiger partial charge in [0.25, 0.3) is 0 Å². The van der Waals surface area contributed by atoms with Crippen LogP contribution in [0, 0.1) is 27.9 Å². The summed E-state index contributed by atoms with van der Waals surface area (Å²) in [4.78, 5) is 0. The minimum Gasteiger partial charge on any atom is -0.393 e. The van der Waals surface area contributed by atoms with Crippen molar-refractivity contribution in [2.24, 2.45) is 23.2 Å². The lowest BCUT2D eigenvalue weighted by Crippen LogP contribution is -2.37. The van der Waals surface area contributed by atoms with Gasteiger partial charge in [-0.1, -0.05) is 38.2 Å². The van der Waals surface area contributed by atoms with Gasteiger partial charge in [-0.15, -0.1) is 0 Å². The standard InChI is InChI=1S/C26H41NO3S/c1-17(16-26(12-13-26)31(4,27)30)22-9-10-23-19(6-5-11-25(22,23)3)7-8-20-14-21(28)15-24(29)18(20)2/h7-8,17,21-24,27-29H,2,5-6,9-16H2,1,3-4H3/b19-7+,20-8-/t17-,21-,22-,23+,24+,25-,31?/m1/s1. The zero-order valence-corrected chi connectivity index (χ0v) is 20.3. The Morgan fingerprint density at radius 3 is 2.61 bits per heavy atom. The number of allylic oxidation sites excluding steroid dienone is 3. The fraction of sp³-hybridized carbons (Fsp3) is 0.769. The van der Waals surface area contributed by atoms with Crippen molar-refractivity contribution >= 4 is 9.73 Å². The Hall–Kier alpha value is -0.910. The third-order valence-electron chi connectivity index (χ3n) is 9.32. The zero-order valence-electron chi connectivity index (χ0n) is 19.5. The van der Waals surface area contributed by atoms with E-state index in [-0.39, 0.29) is 10.2 Å². The number of hydrogen-bond acceptors (Lipinski definition) is 4. The van der Waals surface area contributed by atoms with Crippen molar-refractivity contribution in [3.05, 3.63) is 35.5 Å².